The van der Waals surface area contributed by atoms with Gasteiger partial charge in [0.25, 0.3) is 0 Å². The quantitative estimate of drug-likeness (QED) is 0.607. The van der Waals surface area contributed by atoms with Crippen molar-refractivity contribution in [3.63, 3.8) is 0 Å². The fourth-order valence-corrected chi connectivity index (χ4v) is 1.62. The molecule has 0 aromatic heterocycles. The fraction of sp³-hybridized carbons (Fsp3) is 0.467. The molecule has 0 saturated heterocycles. The Morgan fingerprint density at radius 1 is 1.17 bits per heavy atom. The molecular formula is C15H20O3. The summed E-state index contributed by atoms with van der Waals surface area (Å²) in [6.07, 6.45) is 0.329. The molecule has 0 aliphatic heterocycles. The minimum atomic E-state index is -0.352. The maximum Gasteiger partial charge on any atom is 0.305 e. The summed E-state index contributed by atoms with van der Waals surface area (Å²) >= 11 is 0. The van der Waals surface area contributed by atoms with E-state index >= 15 is 0 Å². The molecular weight excluding hydrogens is 228 g/mol. The van der Waals surface area contributed by atoms with Crippen LogP contribution in [0.4, 0.5) is 0 Å². The van der Waals surface area contributed by atoms with Crippen molar-refractivity contribution in [3.05, 3.63) is 35.4 Å². The number of carbonyl (C=O) groups excluding carboxylic acids is 2. The van der Waals surface area contributed by atoms with Crippen molar-refractivity contribution in [1.82, 2.24) is 0 Å². The van der Waals surface area contributed by atoms with Gasteiger partial charge in [-0.1, -0.05) is 39.0 Å². The molecule has 1 rings (SSSR count). The zero-order chi connectivity index (χ0) is 13.8. The van der Waals surface area contributed by atoms with Gasteiger partial charge in [0.05, 0.1) is 13.5 Å². The molecule has 0 saturated carbocycles. The number of ether oxygens (including phenoxy) is 1. The molecule has 0 N–H and O–H groups in total. The van der Waals surface area contributed by atoms with Gasteiger partial charge in [0.2, 0.25) is 0 Å². The van der Waals surface area contributed by atoms with Crippen LogP contribution in [0.2, 0.25) is 0 Å². The monoisotopic (exact) mass is 248 g/mol. The fourth-order valence-electron chi connectivity index (χ4n) is 1.62. The Hall–Kier alpha value is -1.64. The lowest BCUT2D eigenvalue weighted by molar-refractivity contribution is -0.140. The lowest BCUT2D eigenvalue weighted by Crippen LogP contribution is -2.12. The van der Waals surface area contributed by atoms with Crippen LogP contribution in [0.5, 0.6) is 0 Å². The molecule has 0 heterocycles. The number of hydrogen-bond acceptors (Lipinski definition) is 3. The molecule has 1 aromatic carbocycles. The van der Waals surface area contributed by atoms with Gasteiger partial charge in [0, 0.05) is 12.0 Å². The van der Waals surface area contributed by atoms with Gasteiger partial charge in [-0.3, -0.25) is 9.59 Å². The van der Waals surface area contributed by atoms with Crippen LogP contribution >= 0.6 is 0 Å². The summed E-state index contributed by atoms with van der Waals surface area (Å²) in [4.78, 5) is 22.9. The number of hydrogen-bond donors (Lipinski definition) is 0. The van der Waals surface area contributed by atoms with Crippen LogP contribution in [0.25, 0.3) is 0 Å². The molecule has 0 radical (unpaired) electrons. The Morgan fingerprint density at radius 3 is 2.39 bits per heavy atom. The zero-order valence-corrected chi connectivity index (χ0v) is 11.4. The average molecular weight is 248 g/mol. The first kappa shape index (κ1) is 14.4. The molecule has 0 amide bonds. The third-order valence-corrected chi connectivity index (χ3v) is 2.83. The Labute approximate surface area is 108 Å². The number of ketones is 1. The van der Waals surface area contributed by atoms with Crippen molar-refractivity contribution < 1.29 is 14.3 Å². The maximum atomic E-state index is 11.9. The maximum absolute atomic E-state index is 11.9. The lowest BCUT2D eigenvalue weighted by Gasteiger charge is -2.19. The molecule has 0 unspecified atom stereocenters. The molecule has 3 heteroatoms. The Bertz CT molecular complexity index is 441. The topological polar surface area (TPSA) is 43.4 Å². The second-order valence-electron chi connectivity index (χ2n) is 5.33. The average Bonchev–Trinajstić information content (AvgIpc) is 2.34. The van der Waals surface area contributed by atoms with Crippen LogP contribution < -0.4 is 0 Å². The molecule has 18 heavy (non-hydrogen) atoms. The molecule has 0 aliphatic carbocycles. The number of carbonyl (C=O) groups is 2. The van der Waals surface area contributed by atoms with Gasteiger partial charge < -0.3 is 4.74 Å². The molecule has 0 spiro atoms. The van der Waals surface area contributed by atoms with E-state index in [0.717, 1.165) is 5.56 Å². The van der Waals surface area contributed by atoms with Crippen molar-refractivity contribution in [2.24, 2.45) is 0 Å². The normalized spacial score (nSPS) is 11.1. The lowest BCUT2D eigenvalue weighted by atomic mass is 9.85. The van der Waals surface area contributed by atoms with E-state index in [-0.39, 0.29) is 30.0 Å². The molecule has 0 aliphatic rings. The van der Waals surface area contributed by atoms with Crippen LogP contribution in [0.1, 0.15) is 49.5 Å². The van der Waals surface area contributed by atoms with E-state index in [0.29, 0.717) is 5.56 Å². The number of rotatable bonds is 4. The SMILES string of the molecule is COC(=O)CCC(=O)c1cccc(C(C)(C)C)c1. The highest BCUT2D eigenvalue weighted by Crippen LogP contribution is 2.23. The van der Waals surface area contributed by atoms with Crippen LogP contribution in [0, 0.1) is 0 Å². The highest BCUT2D eigenvalue weighted by Gasteiger charge is 2.16. The van der Waals surface area contributed by atoms with E-state index in [1.807, 2.05) is 18.2 Å². The van der Waals surface area contributed by atoms with Crippen LogP contribution in [0.15, 0.2) is 24.3 Å². The number of benzene rings is 1. The van der Waals surface area contributed by atoms with Crippen LogP contribution in [-0.2, 0) is 14.9 Å². The Morgan fingerprint density at radius 2 is 1.83 bits per heavy atom. The number of esters is 1. The van der Waals surface area contributed by atoms with Gasteiger partial charge in [-0.15, -0.1) is 0 Å². The van der Waals surface area contributed by atoms with E-state index in [4.69, 9.17) is 0 Å². The highest BCUT2D eigenvalue weighted by atomic mass is 16.5. The van der Waals surface area contributed by atoms with Gasteiger partial charge in [-0.2, -0.15) is 0 Å². The largest absolute Gasteiger partial charge is 0.469 e. The smallest absolute Gasteiger partial charge is 0.305 e. The number of methoxy groups -OCH3 is 1. The van der Waals surface area contributed by atoms with E-state index in [1.54, 1.807) is 6.07 Å². The van der Waals surface area contributed by atoms with Crippen LogP contribution in [-0.4, -0.2) is 18.9 Å². The van der Waals surface area contributed by atoms with Gasteiger partial charge >= 0.3 is 5.97 Å². The third-order valence-electron chi connectivity index (χ3n) is 2.83. The number of Topliss-reactive ketones (excluding diaryl/α,β-unsaturated/α-hetero) is 1. The standard InChI is InChI=1S/C15H20O3/c1-15(2,3)12-7-5-6-11(10-12)13(16)8-9-14(17)18-4/h5-7,10H,8-9H2,1-4H3. The van der Waals surface area contributed by atoms with Crippen molar-refractivity contribution in [3.8, 4) is 0 Å². The van der Waals surface area contributed by atoms with Crippen molar-refractivity contribution in [2.75, 3.05) is 7.11 Å². The highest BCUT2D eigenvalue weighted by molar-refractivity contribution is 5.97. The second-order valence-corrected chi connectivity index (χ2v) is 5.33. The Kier molecular flexibility index (Phi) is 4.65. The minimum Gasteiger partial charge on any atom is -0.469 e. The first-order chi connectivity index (χ1) is 8.34. The summed E-state index contributed by atoms with van der Waals surface area (Å²) in [5.74, 6) is -0.373. The molecule has 1 aromatic rings. The predicted molar refractivity (Wildman–Crippen MR) is 70.7 cm³/mol. The first-order valence-electron chi connectivity index (χ1n) is 6.05. The summed E-state index contributed by atoms with van der Waals surface area (Å²) in [5, 5.41) is 0. The molecule has 0 atom stereocenters. The molecule has 0 fully saturated rings. The minimum absolute atomic E-state index is 0.0125. The molecule has 0 bridgehead atoms. The van der Waals surface area contributed by atoms with E-state index < -0.39 is 0 Å². The van der Waals surface area contributed by atoms with Crippen molar-refractivity contribution in [1.29, 1.82) is 0 Å². The summed E-state index contributed by atoms with van der Waals surface area (Å²) in [6.45, 7) is 6.31. The van der Waals surface area contributed by atoms with E-state index in [2.05, 4.69) is 25.5 Å². The molecule has 3 nitrogen and oxygen atoms in total. The van der Waals surface area contributed by atoms with E-state index in [9.17, 15) is 9.59 Å². The summed E-state index contributed by atoms with van der Waals surface area (Å²) in [6, 6.07) is 7.58. The first-order valence-corrected chi connectivity index (χ1v) is 6.05. The zero-order valence-electron chi connectivity index (χ0n) is 11.4. The summed E-state index contributed by atoms with van der Waals surface area (Å²) < 4.78 is 4.52. The molecule has 98 valence electrons. The summed E-state index contributed by atoms with van der Waals surface area (Å²) in [5.41, 5.74) is 1.79. The summed E-state index contributed by atoms with van der Waals surface area (Å²) in [7, 11) is 1.33. The van der Waals surface area contributed by atoms with Crippen molar-refractivity contribution >= 4 is 11.8 Å². The van der Waals surface area contributed by atoms with Gasteiger partial charge in [0.1, 0.15) is 0 Å². The van der Waals surface area contributed by atoms with Gasteiger partial charge in [-0.25, -0.2) is 0 Å². The van der Waals surface area contributed by atoms with E-state index in [1.165, 1.54) is 7.11 Å². The van der Waals surface area contributed by atoms with Gasteiger partial charge in [-0.05, 0) is 17.0 Å². The van der Waals surface area contributed by atoms with Crippen molar-refractivity contribution in [2.45, 2.75) is 39.0 Å². The Balaban J connectivity index is 2.78. The van der Waals surface area contributed by atoms with Crippen LogP contribution in [0.3, 0.4) is 0 Å². The second kappa shape index (κ2) is 5.80. The third kappa shape index (κ3) is 3.99. The predicted octanol–water partition coefficient (Wildman–Crippen LogP) is 3.12. The van der Waals surface area contributed by atoms with Gasteiger partial charge in [0.15, 0.2) is 5.78 Å².